The lowest BCUT2D eigenvalue weighted by Gasteiger charge is -2.04. The second-order valence-corrected chi connectivity index (χ2v) is 2.09. The molecule has 1 aromatic rings. The summed E-state index contributed by atoms with van der Waals surface area (Å²) in [5, 5.41) is 0. The number of alkyl halides is 1. The van der Waals surface area contributed by atoms with Crippen LogP contribution in [-0.4, -0.2) is 22.3 Å². The van der Waals surface area contributed by atoms with E-state index in [4.69, 9.17) is 5.73 Å². The molecule has 0 aliphatic heterocycles. The van der Waals surface area contributed by atoms with Gasteiger partial charge in [0.15, 0.2) is 0 Å². The highest BCUT2D eigenvalue weighted by molar-refractivity contribution is 4.75. The van der Waals surface area contributed by atoms with E-state index in [0.717, 1.165) is 0 Å². The van der Waals surface area contributed by atoms with E-state index in [-0.39, 0.29) is 6.54 Å². The summed E-state index contributed by atoms with van der Waals surface area (Å²) in [6, 6.07) is 0. The zero-order chi connectivity index (χ0) is 7.40. The predicted molar refractivity (Wildman–Crippen MR) is 36.2 cm³/mol. The maximum absolute atomic E-state index is 12.5. The minimum atomic E-state index is -0.964. The van der Waals surface area contributed by atoms with Crippen LogP contribution in [-0.2, 0) is 6.54 Å². The molecule has 0 aliphatic carbocycles. The van der Waals surface area contributed by atoms with Gasteiger partial charge in [0.05, 0.1) is 12.9 Å². The molecule has 0 bridgehead atoms. The highest BCUT2D eigenvalue weighted by Crippen LogP contribution is 1.93. The molecule has 0 saturated carbocycles. The second-order valence-electron chi connectivity index (χ2n) is 2.09. The number of hydrogen-bond donors (Lipinski definition) is 1. The highest BCUT2D eigenvalue weighted by Gasteiger charge is 2.02. The molecule has 2 N–H and O–H groups in total. The van der Waals surface area contributed by atoms with Crippen LogP contribution in [0, 0.1) is 0 Å². The second kappa shape index (κ2) is 3.31. The van der Waals surface area contributed by atoms with Gasteiger partial charge in [0.25, 0.3) is 0 Å². The molecule has 0 amide bonds. The molecule has 1 atom stereocenters. The maximum Gasteiger partial charge on any atom is 0.130 e. The molecule has 10 heavy (non-hydrogen) atoms. The summed E-state index contributed by atoms with van der Waals surface area (Å²) < 4.78 is 14.2. The van der Waals surface area contributed by atoms with Crippen molar-refractivity contribution < 1.29 is 4.39 Å². The van der Waals surface area contributed by atoms with Crippen LogP contribution in [0.1, 0.15) is 0 Å². The molecule has 1 aromatic heterocycles. The van der Waals surface area contributed by atoms with Crippen LogP contribution >= 0.6 is 0 Å². The van der Waals surface area contributed by atoms with Crippen LogP contribution in [0.5, 0.6) is 0 Å². The molecule has 0 aromatic carbocycles. The fraction of sp³-hybridized carbons (Fsp3) is 0.500. The maximum atomic E-state index is 12.5. The lowest BCUT2D eigenvalue weighted by Crippen LogP contribution is -2.20. The number of nitrogens with zero attached hydrogens (tertiary/aromatic N) is 2. The third-order valence-corrected chi connectivity index (χ3v) is 1.22. The molecule has 4 heteroatoms. The molecule has 0 spiro atoms. The first kappa shape index (κ1) is 7.21. The standard InChI is InChI=1S/C6H10FN3/c7-6(3-8)4-10-2-1-9-5-10/h1-2,5-6H,3-4,8H2. The van der Waals surface area contributed by atoms with E-state index in [0.29, 0.717) is 6.54 Å². The Bertz CT molecular complexity index is 173. The highest BCUT2D eigenvalue weighted by atomic mass is 19.1. The first-order valence-corrected chi connectivity index (χ1v) is 3.13. The van der Waals surface area contributed by atoms with E-state index < -0.39 is 6.17 Å². The van der Waals surface area contributed by atoms with Crippen molar-refractivity contribution in [1.29, 1.82) is 0 Å². The number of rotatable bonds is 3. The van der Waals surface area contributed by atoms with Gasteiger partial charge in [-0.05, 0) is 0 Å². The third kappa shape index (κ3) is 1.80. The molecule has 0 aliphatic rings. The van der Waals surface area contributed by atoms with Crippen molar-refractivity contribution in [3.05, 3.63) is 18.7 Å². The van der Waals surface area contributed by atoms with E-state index in [2.05, 4.69) is 4.98 Å². The molecular weight excluding hydrogens is 133 g/mol. The Labute approximate surface area is 58.7 Å². The number of halogens is 1. The van der Waals surface area contributed by atoms with Crippen molar-refractivity contribution in [2.24, 2.45) is 5.73 Å². The Balaban J connectivity index is 2.40. The number of aromatic nitrogens is 2. The van der Waals surface area contributed by atoms with Gasteiger partial charge in [-0.3, -0.25) is 0 Å². The summed E-state index contributed by atoms with van der Waals surface area (Å²) in [7, 11) is 0. The van der Waals surface area contributed by atoms with Gasteiger partial charge in [-0.25, -0.2) is 9.37 Å². The Hall–Kier alpha value is -0.900. The van der Waals surface area contributed by atoms with E-state index in [1.165, 1.54) is 0 Å². The first-order valence-electron chi connectivity index (χ1n) is 3.13. The lowest BCUT2D eigenvalue weighted by molar-refractivity contribution is 0.303. The molecule has 0 radical (unpaired) electrons. The van der Waals surface area contributed by atoms with Crippen LogP contribution in [0.25, 0.3) is 0 Å². The minimum Gasteiger partial charge on any atom is -0.335 e. The predicted octanol–water partition coefficient (Wildman–Crippen LogP) is 0.180. The van der Waals surface area contributed by atoms with E-state index in [1.807, 2.05) is 0 Å². The largest absolute Gasteiger partial charge is 0.335 e. The average molecular weight is 143 g/mol. The van der Waals surface area contributed by atoms with Crippen LogP contribution < -0.4 is 5.73 Å². The van der Waals surface area contributed by atoms with Gasteiger partial charge in [-0.2, -0.15) is 0 Å². The number of hydrogen-bond acceptors (Lipinski definition) is 2. The van der Waals surface area contributed by atoms with Crippen LogP contribution in [0.4, 0.5) is 4.39 Å². The molecule has 1 unspecified atom stereocenters. The summed E-state index contributed by atoms with van der Waals surface area (Å²) in [6.07, 6.45) is 3.93. The lowest BCUT2D eigenvalue weighted by atomic mass is 10.4. The van der Waals surface area contributed by atoms with Gasteiger partial charge < -0.3 is 10.3 Å². The zero-order valence-electron chi connectivity index (χ0n) is 5.57. The molecule has 3 nitrogen and oxygen atoms in total. The topological polar surface area (TPSA) is 43.8 Å². The fourth-order valence-electron chi connectivity index (χ4n) is 0.698. The molecular formula is C6H10FN3. The summed E-state index contributed by atoms with van der Waals surface area (Å²) in [5.41, 5.74) is 5.08. The quantitative estimate of drug-likeness (QED) is 0.656. The van der Waals surface area contributed by atoms with Crippen LogP contribution in [0.3, 0.4) is 0 Å². The van der Waals surface area contributed by atoms with E-state index in [9.17, 15) is 4.39 Å². The van der Waals surface area contributed by atoms with Crippen molar-refractivity contribution in [1.82, 2.24) is 9.55 Å². The molecule has 0 fully saturated rings. The summed E-state index contributed by atoms with van der Waals surface area (Å²) in [6.45, 7) is 0.370. The smallest absolute Gasteiger partial charge is 0.130 e. The molecule has 1 rings (SSSR count). The average Bonchev–Trinajstić information content (AvgIpc) is 2.40. The van der Waals surface area contributed by atoms with Gasteiger partial charge in [0.1, 0.15) is 6.17 Å². The monoisotopic (exact) mass is 143 g/mol. The summed E-state index contributed by atoms with van der Waals surface area (Å²) in [5.74, 6) is 0. The molecule has 0 saturated heterocycles. The van der Waals surface area contributed by atoms with Crippen molar-refractivity contribution >= 4 is 0 Å². The Morgan fingerprint density at radius 3 is 3.00 bits per heavy atom. The van der Waals surface area contributed by atoms with E-state index >= 15 is 0 Å². The Kier molecular flexibility index (Phi) is 2.39. The number of imidazole rings is 1. The van der Waals surface area contributed by atoms with Crippen molar-refractivity contribution in [2.45, 2.75) is 12.7 Å². The summed E-state index contributed by atoms with van der Waals surface area (Å²) >= 11 is 0. The SMILES string of the molecule is NCC(F)Cn1ccnc1. The fourth-order valence-corrected chi connectivity index (χ4v) is 0.698. The van der Waals surface area contributed by atoms with Gasteiger partial charge in [-0.1, -0.05) is 0 Å². The van der Waals surface area contributed by atoms with Crippen molar-refractivity contribution in [2.75, 3.05) is 6.54 Å². The number of nitrogens with two attached hydrogens (primary N) is 1. The van der Waals surface area contributed by atoms with Crippen molar-refractivity contribution in [3.63, 3.8) is 0 Å². The Morgan fingerprint density at radius 1 is 1.70 bits per heavy atom. The third-order valence-electron chi connectivity index (χ3n) is 1.22. The van der Waals surface area contributed by atoms with Gasteiger partial charge in [-0.15, -0.1) is 0 Å². The molecule has 1 heterocycles. The summed E-state index contributed by atoms with van der Waals surface area (Å²) in [4.78, 5) is 3.77. The first-order chi connectivity index (χ1) is 4.83. The van der Waals surface area contributed by atoms with Crippen LogP contribution in [0.2, 0.25) is 0 Å². The minimum absolute atomic E-state index is 0.0676. The Morgan fingerprint density at radius 2 is 2.50 bits per heavy atom. The molecule has 56 valence electrons. The van der Waals surface area contributed by atoms with Gasteiger partial charge >= 0.3 is 0 Å². The normalized spacial score (nSPS) is 13.4. The van der Waals surface area contributed by atoms with Gasteiger partial charge in [0.2, 0.25) is 0 Å². The zero-order valence-corrected chi connectivity index (χ0v) is 5.57. The van der Waals surface area contributed by atoms with Gasteiger partial charge in [0, 0.05) is 18.9 Å². The van der Waals surface area contributed by atoms with Crippen molar-refractivity contribution in [3.8, 4) is 0 Å². The van der Waals surface area contributed by atoms with Crippen LogP contribution in [0.15, 0.2) is 18.7 Å². The van der Waals surface area contributed by atoms with E-state index in [1.54, 1.807) is 23.3 Å².